The van der Waals surface area contributed by atoms with Crippen LogP contribution in [0.1, 0.15) is 30.9 Å². The van der Waals surface area contributed by atoms with Gasteiger partial charge in [0.05, 0.1) is 6.20 Å². The topological polar surface area (TPSA) is 55.3 Å². The third kappa shape index (κ3) is 2.83. The predicted octanol–water partition coefficient (Wildman–Crippen LogP) is 1.20. The Morgan fingerprint density at radius 1 is 1.56 bits per heavy atom. The Kier molecular flexibility index (Phi) is 3.96. The van der Waals surface area contributed by atoms with Gasteiger partial charge in [0, 0.05) is 18.9 Å². The molecule has 90 valence electrons. The first-order valence-electron chi connectivity index (χ1n) is 6.13. The summed E-state index contributed by atoms with van der Waals surface area (Å²) in [6.07, 6.45) is 7.42. The maximum atomic E-state index is 5.66. The maximum Gasteiger partial charge on any atom is 0.195 e. The van der Waals surface area contributed by atoms with Crippen LogP contribution in [-0.4, -0.2) is 36.1 Å². The highest BCUT2D eigenvalue weighted by molar-refractivity contribution is 4.97. The van der Waals surface area contributed by atoms with Crippen LogP contribution < -0.4 is 5.73 Å². The van der Waals surface area contributed by atoms with Crippen molar-refractivity contribution in [2.24, 2.45) is 5.73 Å². The van der Waals surface area contributed by atoms with E-state index in [0.29, 0.717) is 12.6 Å². The molecule has 1 unspecified atom stereocenters. The fourth-order valence-corrected chi connectivity index (χ4v) is 2.30. The number of likely N-dealkylation sites (tertiary alicyclic amines) is 1. The SMILES string of the molecule is CN1CCCCC1Cc1ncc(CCN)o1. The largest absolute Gasteiger partial charge is 0.446 e. The normalized spacial score (nSPS) is 22.5. The van der Waals surface area contributed by atoms with Gasteiger partial charge in [-0.2, -0.15) is 0 Å². The van der Waals surface area contributed by atoms with Crippen LogP contribution in [0.3, 0.4) is 0 Å². The second kappa shape index (κ2) is 5.46. The highest BCUT2D eigenvalue weighted by Crippen LogP contribution is 2.19. The zero-order valence-corrected chi connectivity index (χ0v) is 9.98. The minimum absolute atomic E-state index is 0.595. The third-order valence-electron chi connectivity index (χ3n) is 3.32. The van der Waals surface area contributed by atoms with E-state index in [1.165, 1.54) is 25.8 Å². The number of piperidine rings is 1. The summed E-state index contributed by atoms with van der Waals surface area (Å²) in [6, 6.07) is 0.595. The number of aromatic nitrogens is 1. The average Bonchev–Trinajstić information content (AvgIpc) is 2.70. The van der Waals surface area contributed by atoms with E-state index in [4.69, 9.17) is 10.2 Å². The lowest BCUT2D eigenvalue weighted by Gasteiger charge is -2.31. The van der Waals surface area contributed by atoms with Gasteiger partial charge in [-0.05, 0) is 33.0 Å². The lowest BCUT2D eigenvalue weighted by molar-refractivity contribution is 0.176. The highest BCUT2D eigenvalue weighted by Gasteiger charge is 2.21. The summed E-state index contributed by atoms with van der Waals surface area (Å²) in [5, 5.41) is 0. The van der Waals surface area contributed by atoms with Crippen LogP contribution in [0.5, 0.6) is 0 Å². The Labute approximate surface area is 96.8 Å². The number of hydrogen-bond acceptors (Lipinski definition) is 4. The van der Waals surface area contributed by atoms with E-state index in [-0.39, 0.29) is 0 Å². The van der Waals surface area contributed by atoms with Crippen molar-refractivity contribution in [1.82, 2.24) is 9.88 Å². The average molecular weight is 223 g/mol. The molecule has 0 bridgehead atoms. The molecule has 1 aromatic rings. The van der Waals surface area contributed by atoms with Crippen LogP contribution in [0.2, 0.25) is 0 Å². The van der Waals surface area contributed by atoms with Crippen molar-refractivity contribution in [2.45, 2.75) is 38.1 Å². The summed E-state index contributed by atoms with van der Waals surface area (Å²) in [5.41, 5.74) is 5.48. The van der Waals surface area contributed by atoms with Crippen LogP contribution >= 0.6 is 0 Å². The molecule has 1 fully saturated rings. The molecular weight excluding hydrogens is 202 g/mol. The molecule has 0 amide bonds. The monoisotopic (exact) mass is 223 g/mol. The molecule has 1 atom stereocenters. The van der Waals surface area contributed by atoms with Crippen molar-refractivity contribution in [3.8, 4) is 0 Å². The molecule has 0 saturated carbocycles. The van der Waals surface area contributed by atoms with Gasteiger partial charge in [0.1, 0.15) is 5.76 Å². The lowest BCUT2D eigenvalue weighted by atomic mass is 10.0. The van der Waals surface area contributed by atoms with Crippen LogP contribution in [0, 0.1) is 0 Å². The molecule has 1 aliphatic heterocycles. The van der Waals surface area contributed by atoms with E-state index in [2.05, 4.69) is 16.9 Å². The molecule has 2 rings (SSSR count). The van der Waals surface area contributed by atoms with Crippen molar-refractivity contribution in [1.29, 1.82) is 0 Å². The van der Waals surface area contributed by atoms with Crippen molar-refractivity contribution < 1.29 is 4.42 Å². The molecule has 0 radical (unpaired) electrons. The van der Waals surface area contributed by atoms with Crippen molar-refractivity contribution in [3.63, 3.8) is 0 Å². The minimum atomic E-state index is 0.595. The van der Waals surface area contributed by atoms with Gasteiger partial charge in [-0.25, -0.2) is 4.98 Å². The number of hydrogen-bond donors (Lipinski definition) is 1. The summed E-state index contributed by atoms with van der Waals surface area (Å²) in [4.78, 5) is 6.73. The van der Waals surface area contributed by atoms with E-state index in [1.54, 1.807) is 0 Å². The third-order valence-corrected chi connectivity index (χ3v) is 3.32. The van der Waals surface area contributed by atoms with Crippen LogP contribution in [0.25, 0.3) is 0 Å². The van der Waals surface area contributed by atoms with Crippen LogP contribution in [0.15, 0.2) is 10.6 Å². The van der Waals surface area contributed by atoms with Gasteiger partial charge in [0.25, 0.3) is 0 Å². The molecule has 2 N–H and O–H groups in total. The molecule has 2 heterocycles. The molecule has 1 aliphatic rings. The molecule has 1 aromatic heterocycles. The molecule has 0 aliphatic carbocycles. The Bertz CT molecular complexity index is 324. The summed E-state index contributed by atoms with van der Waals surface area (Å²) >= 11 is 0. The van der Waals surface area contributed by atoms with Crippen molar-refractivity contribution in [3.05, 3.63) is 17.8 Å². The summed E-state index contributed by atoms with van der Waals surface area (Å²) in [6.45, 7) is 1.82. The zero-order chi connectivity index (χ0) is 11.4. The molecule has 1 saturated heterocycles. The Balaban J connectivity index is 1.91. The van der Waals surface area contributed by atoms with E-state index < -0.39 is 0 Å². The summed E-state index contributed by atoms with van der Waals surface area (Å²) < 4.78 is 5.66. The molecule has 16 heavy (non-hydrogen) atoms. The predicted molar refractivity (Wildman–Crippen MR) is 63.2 cm³/mol. The Morgan fingerprint density at radius 3 is 3.19 bits per heavy atom. The van der Waals surface area contributed by atoms with Gasteiger partial charge < -0.3 is 15.1 Å². The van der Waals surface area contributed by atoms with Gasteiger partial charge in [0.15, 0.2) is 5.89 Å². The van der Waals surface area contributed by atoms with Gasteiger partial charge in [-0.3, -0.25) is 0 Å². The number of nitrogens with zero attached hydrogens (tertiary/aromatic N) is 2. The standard InChI is InChI=1S/C12H21N3O/c1-15-7-3-2-4-10(15)8-12-14-9-11(16-12)5-6-13/h9-10H,2-8,13H2,1H3. The van der Waals surface area contributed by atoms with E-state index in [1.807, 2.05) is 6.20 Å². The van der Waals surface area contributed by atoms with Gasteiger partial charge in [-0.15, -0.1) is 0 Å². The van der Waals surface area contributed by atoms with Gasteiger partial charge in [0.2, 0.25) is 0 Å². The number of rotatable bonds is 4. The fourth-order valence-electron chi connectivity index (χ4n) is 2.30. The number of oxazole rings is 1. The Morgan fingerprint density at radius 2 is 2.44 bits per heavy atom. The van der Waals surface area contributed by atoms with Crippen LogP contribution in [-0.2, 0) is 12.8 Å². The fraction of sp³-hybridized carbons (Fsp3) is 0.750. The van der Waals surface area contributed by atoms with Gasteiger partial charge >= 0.3 is 0 Å². The van der Waals surface area contributed by atoms with Crippen molar-refractivity contribution >= 4 is 0 Å². The first-order chi connectivity index (χ1) is 7.79. The maximum absolute atomic E-state index is 5.66. The second-order valence-corrected chi connectivity index (χ2v) is 4.59. The molecule has 4 heteroatoms. The first kappa shape index (κ1) is 11.6. The van der Waals surface area contributed by atoms with Crippen LogP contribution in [0.4, 0.5) is 0 Å². The smallest absolute Gasteiger partial charge is 0.195 e. The zero-order valence-electron chi connectivity index (χ0n) is 9.98. The molecule has 0 aromatic carbocycles. The summed E-state index contributed by atoms with van der Waals surface area (Å²) in [5.74, 6) is 1.78. The molecular formula is C12H21N3O. The minimum Gasteiger partial charge on any atom is -0.446 e. The van der Waals surface area contributed by atoms with E-state index in [0.717, 1.165) is 24.5 Å². The number of likely N-dealkylation sites (N-methyl/N-ethyl adjacent to an activating group) is 1. The molecule has 4 nitrogen and oxygen atoms in total. The quantitative estimate of drug-likeness (QED) is 0.833. The second-order valence-electron chi connectivity index (χ2n) is 4.59. The summed E-state index contributed by atoms with van der Waals surface area (Å²) in [7, 11) is 2.19. The van der Waals surface area contributed by atoms with E-state index >= 15 is 0 Å². The lowest BCUT2D eigenvalue weighted by Crippen LogP contribution is -2.37. The van der Waals surface area contributed by atoms with E-state index in [9.17, 15) is 0 Å². The highest BCUT2D eigenvalue weighted by atomic mass is 16.4. The molecule has 0 spiro atoms. The number of nitrogens with two attached hydrogens (primary N) is 1. The van der Waals surface area contributed by atoms with Crippen molar-refractivity contribution in [2.75, 3.05) is 20.1 Å². The first-order valence-corrected chi connectivity index (χ1v) is 6.13. The van der Waals surface area contributed by atoms with Gasteiger partial charge in [-0.1, -0.05) is 6.42 Å². The Hall–Kier alpha value is -0.870.